The summed E-state index contributed by atoms with van der Waals surface area (Å²) in [4.78, 5) is 39.7. The van der Waals surface area contributed by atoms with Gasteiger partial charge in [-0.2, -0.15) is 0 Å². The Morgan fingerprint density at radius 2 is 1.67 bits per heavy atom. The summed E-state index contributed by atoms with van der Waals surface area (Å²) in [5.74, 6) is -2.69. The van der Waals surface area contributed by atoms with Gasteiger partial charge in [-0.05, 0) is 25.1 Å². The van der Waals surface area contributed by atoms with Crippen LogP contribution in [0.2, 0.25) is 0 Å². The number of hydrogen-bond acceptors (Lipinski definition) is 6. The first-order valence-corrected chi connectivity index (χ1v) is 10.8. The predicted molar refractivity (Wildman–Crippen MR) is 122 cm³/mol. The Balaban J connectivity index is 1.75. The number of amides is 2. The van der Waals surface area contributed by atoms with Crippen molar-refractivity contribution < 1.29 is 18.4 Å². The monoisotopic (exact) mass is 473 g/mol. The van der Waals surface area contributed by atoms with Crippen molar-refractivity contribution >= 4 is 35.0 Å². The smallest absolute Gasteiger partial charge is 0.278 e. The molecule has 0 aliphatic heterocycles. The van der Waals surface area contributed by atoms with Crippen LogP contribution in [0.15, 0.2) is 52.4 Å². The molecule has 8 nitrogen and oxygen atoms in total. The van der Waals surface area contributed by atoms with Gasteiger partial charge in [0.05, 0.1) is 16.6 Å². The largest absolute Gasteiger partial charge is 0.325 e. The van der Waals surface area contributed by atoms with Crippen LogP contribution >= 0.6 is 11.8 Å². The molecule has 0 saturated carbocycles. The van der Waals surface area contributed by atoms with Crippen molar-refractivity contribution in [2.45, 2.75) is 31.2 Å². The summed E-state index contributed by atoms with van der Waals surface area (Å²) in [6, 6.07) is 9.51. The normalized spacial score (nSPS) is 11.8. The number of nitrogens with zero attached hydrogens (tertiary/aromatic N) is 2. The summed E-state index contributed by atoms with van der Waals surface area (Å²) in [6.07, 6.45) is 0. The third-order valence-corrected chi connectivity index (χ3v) is 5.46. The van der Waals surface area contributed by atoms with Crippen LogP contribution in [0, 0.1) is 17.6 Å². The number of H-pyrrole nitrogens is 1. The molecule has 1 atom stereocenters. The lowest BCUT2D eigenvalue weighted by atomic mass is 10.1. The number of aromatic amines is 1. The van der Waals surface area contributed by atoms with E-state index in [1.54, 1.807) is 38.1 Å². The molecule has 1 unspecified atom stereocenters. The summed E-state index contributed by atoms with van der Waals surface area (Å²) in [5.41, 5.74) is 0.101. The summed E-state index contributed by atoms with van der Waals surface area (Å²) in [6.45, 7) is 5.03. The molecule has 1 heterocycles. The van der Waals surface area contributed by atoms with E-state index >= 15 is 0 Å². The molecule has 3 aromatic rings. The number of hydrogen-bond donors (Lipinski definition) is 3. The lowest BCUT2D eigenvalue weighted by molar-refractivity contribution is -0.119. The third-order valence-electron chi connectivity index (χ3n) is 4.49. The zero-order chi connectivity index (χ0) is 24.1. The number of thioether (sulfide) groups is 1. The minimum atomic E-state index is -0.902. The summed E-state index contributed by atoms with van der Waals surface area (Å²) in [5, 5.41) is 12.4. The van der Waals surface area contributed by atoms with Crippen LogP contribution in [0.1, 0.15) is 20.8 Å². The lowest BCUT2D eigenvalue weighted by Crippen LogP contribution is -2.24. The Morgan fingerprint density at radius 3 is 2.33 bits per heavy atom. The fraction of sp³-hybridized carbons (Fsp3) is 0.227. The van der Waals surface area contributed by atoms with E-state index in [9.17, 15) is 23.2 Å². The van der Waals surface area contributed by atoms with E-state index < -0.39 is 28.4 Å². The quantitative estimate of drug-likeness (QED) is 0.449. The van der Waals surface area contributed by atoms with E-state index in [0.29, 0.717) is 17.3 Å². The van der Waals surface area contributed by atoms with Crippen LogP contribution in [0.25, 0.3) is 11.3 Å². The molecule has 172 valence electrons. The van der Waals surface area contributed by atoms with Crippen molar-refractivity contribution in [1.82, 2.24) is 15.2 Å². The molecular formula is C22H21F2N5O3S. The number of rotatable bonds is 7. The summed E-state index contributed by atoms with van der Waals surface area (Å²) >= 11 is 0.909. The molecule has 33 heavy (non-hydrogen) atoms. The number of carbonyl (C=O) groups is 2. The van der Waals surface area contributed by atoms with Crippen LogP contribution in [-0.4, -0.2) is 32.2 Å². The molecule has 0 aliphatic rings. The van der Waals surface area contributed by atoms with Gasteiger partial charge in [-0.25, -0.2) is 8.78 Å². The van der Waals surface area contributed by atoms with E-state index in [1.807, 2.05) is 0 Å². The Labute approximate surface area is 192 Å². The fourth-order valence-corrected chi connectivity index (χ4v) is 3.41. The number of aromatic nitrogens is 3. The molecule has 0 aliphatic carbocycles. The number of para-hydroxylation sites is 1. The van der Waals surface area contributed by atoms with Crippen LogP contribution in [-0.2, 0) is 9.59 Å². The van der Waals surface area contributed by atoms with Gasteiger partial charge in [-0.3, -0.25) is 19.4 Å². The summed E-state index contributed by atoms with van der Waals surface area (Å²) < 4.78 is 26.8. The number of anilines is 2. The molecule has 0 radical (unpaired) electrons. The average molecular weight is 474 g/mol. The SMILES string of the molecule is CC(C)C(=O)Nc1ccccc1-c1nnc(SC(C)C(=O)Nc2ccc(F)cc2F)[nH]c1=O. The second-order valence-electron chi connectivity index (χ2n) is 7.37. The Bertz CT molecular complexity index is 1250. The standard InChI is InChI=1S/C22H21F2N5O3S/c1-11(2)19(30)25-16-7-5-4-6-14(16)18-21(32)27-22(29-28-18)33-12(3)20(31)26-17-9-8-13(23)10-15(17)24/h4-12H,1-3H3,(H,25,30)(H,26,31)(H,27,29,32). The highest BCUT2D eigenvalue weighted by atomic mass is 32.2. The minimum absolute atomic E-state index is 0.00416. The molecule has 2 amide bonds. The number of nitrogens with one attached hydrogen (secondary N) is 3. The molecule has 0 saturated heterocycles. The number of halogens is 2. The maximum Gasteiger partial charge on any atom is 0.278 e. The van der Waals surface area contributed by atoms with Crippen LogP contribution in [0.5, 0.6) is 0 Å². The van der Waals surface area contributed by atoms with Crippen molar-refractivity contribution in [2.75, 3.05) is 10.6 Å². The highest BCUT2D eigenvalue weighted by molar-refractivity contribution is 8.00. The maximum atomic E-state index is 13.8. The van der Waals surface area contributed by atoms with E-state index in [4.69, 9.17) is 0 Å². The fourth-order valence-electron chi connectivity index (χ4n) is 2.67. The summed E-state index contributed by atoms with van der Waals surface area (Å²) in [7, 11) is 0. The average Bonchev–Trinajstić information content (AvgIpc) is 2.76. The van der Waals surface area contributed by atoms with Gasteiger partial charge in [0.2, 0.25) is 11.8 Å². The molecule has 0 bridgehead atoms. The van der Waals surface area contributed by atoms with Crippen molar-refractivity contribution in [3.63, 3.8) is 0 Å². The van der Waals surface area contributed by atoms with Gasteiger partial charge in [0.1, 0.15) is 11.6 Å². The van der Waals surface area contributed by atoms with Crippen LogP contribution in [0.3, 0.4) is 0 Å². The lowest BCUT2D eigenvalue weighted by Gasteiger charge is -2.13. The van der Waals surface area contributed by atoms with Crippen molar-refractivity contribution in [2.24, 2.45) is 5.92 Å². The van der Waals surface area contributed by atoms with E-state index in [-0.39, 0.29) is 28.4 Å². The first-order chi connectivity index (χ1) is 15.7. The highest BCUT2D eigenvalue weighted by Crippen LogP contribution is 2.25. The van der Waals surface area contributed by atoms with E-state index in [2.05, 4.69) is 25.8 Å². The second kappa shape index (κ2) is 10.3. The molecule has 2 aromatic carbocycles. The second-order valence-corrected chi connectivity index (χ2v) is 8.70. The van der Waals surface area contributed by atoms with E-state index in [1.165, 1.54) is 6.92 Å². The van der Waals surface area contributed by atoms with Gasteiger partial charge in [-0.1, -0.05) is 43.8 Å². The molecule has 11 heteroatoms. The van der Waals surface area contributed by atoms with Gasteiger partial charge in [0.15, 0.2) is 10.9 Å². The Morgan fingerprint density at radius 1 is 0.970 bits per heavy atom. The molecule has 3 N–H and O–H groups in total. The van der Waals surface area contributed by atoms with Crippen molar-refractivity contribution in [3.8, 4) is 11.3 Å². The van der Waals surface area contributed by atoms with Crippen molar-refractivity contribution in [1.29, 1.82) is 0 Å². The van der Waals surface area contributed by atoms with Gasteiger partial charge in [0, 0.05) is 17.5 Å². The molecule has 0 fully saturated rings. The molecule has 1 aromatic heterocycles. The minimum Gasteiger partial charge on any atom is -0.325 e. The Kier molecular flexibility index (Phi) is 7.54. The first-order valence-electron chi connectivity index (χ1n) is 9.95. The van der Waals surface area contributed by atoms with E-state index in [0.717, 1.165) is 23.9 Å². The predicted octanol–water partition coefficient (Wildman–Crippen LogP) is 3.82. The van der Waals surface area contributed by atoms with Gasteiger partial charge < -0.3 is 10.6 Å². The van der Waals surface area contributed by atoms with Crippen molar-refractivity contribution in [3.05, 3.63) is 64.5 Å². The van der Waals surface area contributed by atoms with Gasteiger partial charge in [0.25, 0.3) is 5.56 Å². The third kappa shape index (κ3) is 6.01. The zero-order valence-electron chi connectivity index (χ0n) is 18.0. The topological polar surface area (TPSA) is 117 Å². The molecular weight excluding hydrogens is 452 g/mol. The maximum absolute atomic E-state index is 13.8. The van der Waals surface area contributed by atoms with Crippen LogP contribution < -0.4 is 16.2 Å². The molecule has 3 rings (SSSR count). The number of carbonyl (C=O) groups excluding carboxylic acids is 2. The Hall–Kier alpha value is -3.60. The molecule has 0 spiro atoms. The zero-order valence-corrected chi connectivity index (χ0v) is 18.8. The van der Waals surface area contributed by atoms with Gasteiger partial charge >= 0.3 is 0 Å². The first kappa shape index (κ1) is 24.1. The number of benzene rings is 2. The van der Waals surface area contributed by atoms with Gasteiger partial charge in [-0.15, -0.1) is 10.2 Å². The van der Waals surface area contributed by atoms with Crippen LogP contribution in [0.4, 0.5) is 20.2 Å². The highest BCUT2D eigenvalue weighted by Gasteiger charge is 2.20.